The fraction of sp³-hybridized carbons (Fsp3) is 0.620. The number of rotatable bonds is 75. The van der Waals surface area contributed by atoms with E-state index in [4.69, 9.17) is 56.7 Å². The molecule has 2 rings (SSSR count). The van der Waals surface area contributed by atoms with E-state index < -0.39 is 309 Å². The van der Waals surface area contributed by atoms with Crippen LogP contribution in [-0.2, 0) is 114 Å². The van der Waals surface area contributed by atoms with E-state index in [0.29, 0.717) is 30.4 Å². The molecule has 0 saturated heterocycles. The predicted molar refractivity (Wildman–Crippen MR) is 545 cm³/mol. The molecule has 0 aromatic heterocycles. The number of carboxylic acids is 1. The lowest BCUT2D eigenvalue weighted by atomic mass is 10.0. The fourth-order valence-corrected chi connectivity index (χ4v) is 14.9. The summed E-state index contributed by atoms with van der Waals surface area (Å²) in [4.78, 5) is 289. The Kier molecular flexibility index (Phi) is 62.8. The van der Waals surface area contributed by atoms with Gasteiger partial charge in [0, 0.05) is 32.4 Å². The van der Waals surface area contributed by atoms with Gasteiger partial charge in [-0.2, -0.15) is 11.8 Å². The molecule has 20 amide bonds. The molecule has 20 atom stereocenters. The molecule has 0 saturated carbocycles. The summed E-state index contributed by atoms with van der Waals surface area (Å²) in [5.74, 6) is -24.6. The zero-order valence-electron chi connectivity index (χ0n) is 85.2. The van der Waals surface area contributed by atoms with Crippen molar-refractivity contribution in [1.82, 2.24) is 106 Å². The van der Waals surface area contributed by atoms with Crippen LogP contribution in [0.5, 0.6) is 0 Å². The number of aliphatic hydroxyl groups excluding tert-OH is 5. The van der Waals surface area contributed by atoms with Crippen LogP contribution in [0.25, 0.3) is 0 Å². The summed E-state index contributed by atoms with van der Waals surface area (Å²) in [7, 11) is 0. The van der Waals surface area contributed by atoms with Crippen LogP contribution in [0.1, 0.15) is 162 Å². The van der Waals surface area contributed by atoms with E-state index in [1.807, 2.05) is 0 Å². The molecular formula is C92H154N30O27S. The van der Waals surface area contributed by atoms with E-state index >= 15 is 0 Å². The number of carboxylic acid groups (broad SMARTS) is 1. The normalized spacial score (nSPS) is 15.1. The highest BCUT2D eigenvalue weighted by Gasteiger charge is 2.41. The fourth-order valence-electron chi connectivity index (χ4n) is 14.4. The second kappa shape index (κ2) is 71.5. The van der Waals surface area contributed by atoms with Crippen molar-refractivity contribution in [3.05, 3.63) is 71.8 Å². The van der Waals surface area contributed by atoms with Crippen LogP contribution in [-0.4, -0.2) is 359 Å². The Bertz CT molecular complexity index is 4770. The summed E-state index contributed by atoms with van der Waals surface area (Å²) in [5.41, 5.74) is 45.7. The van der Waals surface area contributed by atoms with Gasteiger partial charge in [-0.15, -0.1) is 0 Å². The van der Waals surface area contributed by atoms with Gasteiger partial charge in [0.15, 0.2) is 11.9 Å². The average Bonchev–Trinajstić information content (AvgIpc) is 0.847. The van der Waals surface area contributed by atoms with E-state index in [2.05, 4.69) is 106 Å². The number of carbonyl (C=O) groups excluding carboxylic acids is 20. The number of carbonyl (C=O) groups is 21. The Morgan fingerprint density at radius 2 is 0.647 bits per heavy atom. The third-order valence-corrected chi connectivity index (χ3v) is 23.4. The van der Waals surface area contributed by atoms with Crippen molar-refractivity contribution in [2.24, 2.45) is 51.8 Å². The third kappa shape index (κ3) is 51.6. The van der Waals surface area contributed by atoms with Crippen molar-refractivity contribution in [1.29, 1.82) is 10.8 Å². The number of hydrogen-bond donors (Lipinski definition) is 36. The zero-order chi connectivity index (χ0) is 113. The van der Waals surface area contributed by atoms with Crippen molar-refractivity contribution in [3.8, 4) is 0 Å². The number of primary amides is 2. The number of aliphatic carboxylic acids is 1. The van der Waals surface area contributed by atoms with Crippen LogP contribution in [0, 0.1) is 16.7 Å². The number of hydrogen-bond acceptors (Lipinski definition) is 33. The standard InChI is InChI=1S/C92H154N30O27S/c1-47(2)70(120-89(147)73(51(6)127)122-84(142)64(42-67(98)129)117-78(136)58(30-21-38-104-92(101)102)112-82(140)62(115-75(133)54(96)45-123)40-52-22-10-8-11-23-52)86(144)105-44-69(131)119-71(49(4)125)87(145)106-43-68(130)108-60(33-39-150-7)80(138)109-55(26-14-17-34-93)77(135)110-56(27-15-18-35-94)81(139)121-72(50(5)126)88(146)118-65(46-124)85(143)116-63(41-53-24-12-9-13-25-53)83(141)113-59(31-32-66(97)128)79(137)111-57(29-20-37-103-91(99)100)76(134)107-48(3)74(132)114-61(90(148)149)28-16-19-36-95/h8-13,22-25,47-51,54-65,70-73,123-127H,14-21,26-46,93-96H2,1-7H3,(H2,97,128)(H2,98,129)(H,105,144)(H,106,145)(H,107,134)(H,108,130)(H,109,138)(H,110,135)(H,111,137)(H,112,140)(H,113,141)(H,114,132)(H,115,133)(H,116,143)(H,117,136)(H,118,146)(H,119,131)(H,120,147)(H,121,139)(H,122,142)(H,148,149)(H4,99,100,103)(H4,101,102,104)/t48-,49+,50+,51-,54-,55-,56-,57-,58-,59-,60-,61-,62-,63-,64-,65-,70-,71-,72-,73+/m0/s1. The Balaban J connectivity index is 2.38. The number of nitrogens with one attached hydrogen (secondary N) is 22. The highest BCUT2D eigenvalue weighted by Crippen LogP contribution is 2.16. The summed E-state index contributed by atoms with van der Waals surface area (Å²) in [6, 6.07) is -11.9. The van der Waals surface area contributed by atoms with Gasteiger partial charge in [-0.05, 0) is 173 Å². The topological polar surface area (TPSA) is 976 Å². The number of unbranched alkanes of at least 4 members (excludes halogenated alkanes) is 3. The SMILES string of the molecule is CSCC[C@H](NC(=O)CNC(=O)[C@@H](NC(=O)CNC(=O)[C@@H](NC(=O)[C@H](NC(=O)[C@H](CC(N)=O)NC(=O)[C@H](CCCNC(=N)N)NC(=O)[C@H](Cc1ccccc1)NC(=O)[C@@H](N)CO)[C@H](C)O)C(C)C)[C@@H](C)O)C(=O)N[C@@H](CCCCN)C(=O)N[C@@H](CCCCN)C(=O)N[C@H](C(=O)N[C@@H](CO)C(=O)N[C@@H](Cc1ccccc1)C(=O)N[C@@H](CCC(N)=O)C(=O)N[C@@H](CCCNC(=N)N)C(=O)N[C@@H](C)C(=O)N[C@@H](CCCCN)C(=O)O)[C@@H](C)O. The molecule has 44 N–H and O–H groups in total. The Labute approximate surface area is 871 Å². The van der Waals surface area contributed by atoms with E-state index in [1.54, 1.807) is 66.9 Å². The minimum atomic E-state index is -2.00. The quantitative estimate of drug-likeness (QED) is 0.0166. The van der Waals surface area contributed by atoms with Crippen molar-refractivity contribution >= 4 is 148 Å². The summed E-state index contributed by atoms with van der Waals surface area (Å²) in [6.45, 7) is 3.91. The number of aliphatic hydroxyl groups is 5. The summed E-state index contributed by atoms with van der Waals surface area (Å²) in [6.07, 6.45) is -5.33. The van der Waals surface area contributed by atoms with Gasteiger partial charge >= 0.3 is 5.97 Å². The second-order valence-corrected chi connectivity index (χ2v) is 36.8. The van der Waals surface area contributed by atoms with Gasteiger partial charge in [0.25, 0.3) is 0 Å². The van der Waals surface area contributed by atoms with Crippen LogP contribution >= 0.6 is 11.8 Å². The Morgan fingerprint density at radius 3 is 1.03 bits per heavy atom. The van der Waals surface area contributed by atoms with Crippen LogP contribution in [0.4, 0.5) is 0 Å². The van der Waals surface area contributed by atoms with Crippen molar-refractivity contribution in [2.75, 3.05) is 71.0 Å². The summed E-state index contributed by atoms with van der Waals surface area (Å²) >= 11 is 1.24. The molecular weight excluding hydrogens is 1990 g/mol. The third-order valence-electron chi connectivity index (χ3n) is 22.8. The monoisotopic (exact) mass is 2140 g/mol. The first-order valence-electron chi connectivity index (χ1n) is 48.9. The highest BCUT2D eigenvalue weighted by atomic mass is 32.2. The summed E-state index contributed by atoms with van der Waals surface area (Å²) < 4.78 is 0. The molecule has 150 heavy (non-hydrogen) atoms. The molecule has 0 bridgehead atoms. The molecule has 0 heterocycles. The lowest BCUT2D eigenvalue weighted by Crippen LogP contribution is -2.62. The maximum Gasteiger partial charge on any atom is 0.326 e. The van der Waals surface area contributed by atoms with Crippen LogP contribution < -0.4 is 152 Å². The van der Waals surface area contributed by atoms with E-state index in [1.165, 1.54) is 32.5 Å². The first-order valence-corrected chi connectivity index (χ1v) is 50.3. The second-order valence-electron chi connectivity index (χ2n) is 35.8. The largest absolute Gasteiger partial charge is 0.480 e. The minimum absolute atomic E-state index is 0.00922. The number of nitrogens with two attached hydrogens (primary N) is 8. The van der Waals surface area contributed by atoms with Gasteiger partial charge < -0.3 is 183 Å². The molecule has 2 aromatic rings. The Morgan fingerprint density at radius 1 is 0.327 bits per heavy atom. The first-order chi connectivity index (χ1) is 70.9. The summed E-state index contributed by atoms with van der Waals surface area (Å²) in [5, 5.41) is 126. The molecule has 0 aliphatic heterocycles. The van der Waals surface area contributed by atoms with Gasteiger partial charge in [-0.25, -0.2) is 4.79 Å². The number of guanidine groups is 2. The average molecular weight is 2140 g/mol. The predicted octanol–water partition coefficient (Wildman–Crippen LogP) is -13.5. The molecule has 0 aliphatic carbocycles. The molecule has 2 aromatic carbocycles. The van der Waals surface area contributed by atoms with Crippen molar-refractivity contribution in [2.45, 2.75) is 285 Å². The van der Waals surface area contributed by atoms with E-state index in [0.717, 1.165) is 20.8 Å². The zero-order valence-corrected chi connectivity index (χ0v) is 86.0. The van der Waals surface area contributed by atoms with Gasteiger partial charge in [0.2, 0.25) is 118 Å². The van der Waals surface area contributed by atoms with Gasteiger partial charge in [-0.1, -0.05) is 74.5 Å². The lowest BCUT2D eigenvalue weighted by molar-refractivity contribution is -0.142. The molecule has 0 fully saturated rings. The molecule has 0 unspecified atom stereocenters. The molecule has 0 spiro atoms. The van der Waals surface area contributed by atoms with Crippen LogP contribution in [0.3, 0.4) is 0 Å². The molecule has 840 valence electrons. The van der Waals surface area contributed by atoms with E-state index in [-0.39, 0.29) is 122 Å². The number of benzene rings is 2. The van der Waals surface area contributed by atoms with Crippen LogP contribution in [0.15, 0.2) is 60.7 Å². The van der Waals surface area contributed by atoms with Gasteiger partial charge in [0.1, 0.15) is 103 Å². The van der Waals surface area contributed by atoms with Gasteiger partial charge in [0.05, 0.1) is 51.0 Å². The number of amides is 20. The first kappa shape index (κ1) is 132. The van der Waals surface area contributed by atoms with E-state index in [9.17, 15) is 131 Å². The maximum absolute atomic E-state index is 14.6. The lowest BCUT2D eigenvalue weighted by Gasteiger charge is -2.29. The molecule has 58 heteroatoms. The molecule has 0 aliphatic rings. The van der Waals surface area contributed by atoms with Gasteiger partial charge in [-0.3, -0.25) is 107 Å². The molecule has 0 radical (unpaired) electrons. The highest BCUT2D eigenvalue weighted by molar-refractivity contribution is 7.98. The minimum Gasteiger partial charge on any atom is -0.480 e. The maximum atomic E-state index is 14.6. The molecule has 57 nitrogen and oxygen atoms in total. The Hall–Kier alpha value is -14.2. The number of thioether (sulfide) groups is 1. The van der Waals surface area contributed by atoms with Crippen LogP contribution in [0.2, 0.25) is 0 Å². The van der Waals surface area contributed by atoms with Crippen molar-refractivity contribution in [3.63, 3.8) is 0 Å². The smallest absolute Gasteiger partial charge is 0.326 e. The van der Waals surface area contributed by atoms with Crippen molar-refractivity contribution < 1.29 is 131 Å².